The average Bonchev–Trinajstić information content (AvgIpc) is 2.57. The van der Waals surface area contributed by atoms with Crippen LogP contribution in [0.25, 0.3) is 0 Å². The second kappa shape index (κ2) is 8.99. The van der Waals surface area contributed by atoms with Gasteiger partial charge in [0.25, 0.3) is 0 Å². The van der Waals surface area contributed by atoms with E-state index in [-0.39, 0.29) is 12.0 Å². The second-order valence-electron chi connectivity index (χ2n) is 7.08. The van der Waals surface area contributed by atoms with Crippen LogP contribution in [0.15, 0.2) is 47.4 Å². The smallest absolute Gasteiger partial charge is 0.341 e. The van der Waals surface area contributed by atoms with E-state index in [0.717, 1.165) is 22.0 Å². The first-order valence-electron chi connectivity index (χ1n) is 8.57. The summed E-state index contributed by atoms with van der Waals surface area (Å²) in [6.07, 6.45) is 0. The highest BCUT2D eigenvalue weighted by Crippen LogP contribution is 2.26. The molecule has 0 spiro atoms. The van der Waals surface area contributed by atoms with Crippen LogP contribution in [0.2, 0.25) is 0 Å². The van der Waals surface area contributed by atoms with Crippen molar-refractivity contribution >= 4 is 17.7 Å². The molecule has 0 aliphatic heterocycles. The maximum atomic E-state index is 10.6. The minimum Gasteiger partial charge on any atom is -0.493 e. The predicted octanol–water partition coefficient (Wildman–Crippen LogP) is 4.93. The zero-order chi connectivity index (χ0) is 19.2. The van der Waals surface area contributed by atoms with E-state index >= 15 is 0 Å². The summed E-state index contributed by atoms with van der Waals surface area (Å²) in [5.41, 5.74) is 2.36. The molecule has 0 atom stereocenters. The molecule has 1 N–H and O–H groups in total. The Morgan fingerprint density at radius 2 is 1.77 bits per heavy atom. The SMILES string of the molecule is Cc1cc(SCCOc2ccc(C(C)(C)C)cc2)ccc1OCC(=O)O. The van der Waals surface area contributed by atoms with Gasteiger partial charge in [-0.2, -0.15) is 0 Å². The van der Waals surface area contributed by atoms with Crippen molar-refractivity contribution in [2.45, 2.75) is 38.0 Å². The Bertz CT molecular complexity index is 733. The lowest BCUT2D eigenvalue weighted by Gasteiger charge is -2.19. The van der Waals surface area contributed by atoms with E-state index in [9.17, 15) is 4.79 Å². The van der Waals surface area contributed by atoms with Gasteiger partial charge in [0.2, 0.25) is 0 Å². The van der Waals surface area contributed by atoms with Gasteiger partial charge in [-0.3, -0.25) is 0 Å². The summed E-state index contributed by atoms with van der Waals surface area (Å²) < 4.78 is 11.0. The first-order chi connectivity index (χ1) is 12.3. The maximum absolute atomic E-state index is 10.6. The summed E-state index contributed by atoms with van der Waals surface area (Å²) in [7, 11) is 0. The highest BCUT2D eigenvalue weighted by molar-refractivity contribution is 7.99. The number of carbonyl (C=O) groups is 1. The molecule has 2 rings (SSSR count). The van der Waals surface area contributed by atoms with E-state index in [1.807, 2.05) is 37.3 Å². The molecule has 0 aliphatic carbocycles. The van der Waals surface area contributed by atoms with Crippen LogP contribution in [0.3, 0.4) is 0 Å². The molecule has 0 aromatic heterocycles. The minimum atomic E-state index is -0.976. The van der Waals surface area contributed by atoms with Crippen molar-refractivity contribution in [1.29, 1.82) is 0 Å². The third-order valence-corrected chi connectivity index (χ3v) is 4.80. The van der Waals surface area contributed by atoms with Crippen LogP contribution in [0.1, 0.15) is 31.9 Å². The minimum absolute atomic E-state index is 0.145. The van der Waals surface area contributed by atoms with Gasteiger partial charge in [0.15, 0.2) is 6.61 Å². The summed E-state index contributed by atoms with van der Waals surface area (Å²) in [4.78, 5) is 11.7. The van der Waals surface area contributed by atoms with Gasteiger partial charge in [-0.25, -0.2) is 4.79 Å². The first-order valence-corrected chi connectivity index (χ1v) is 9.55. The highest BCUT2D eigenvalue weighted by Gasteiger charge is 2.12. The van der Waals surface area contributed by atoms with Crippen LogP contribution in [-0.2, 0) is 10.2 Å². The maximum Gasteiger partial charge on any atom is 0.341 e. The molecule has 0 saturated carbocycles. The number of benzene rings is 2. The van der Waals surface area contributed by atoms with E-state index in [0.29, 0.717) is 12.4 Å². The fourth-order valence-electron chi connectivity index (χ4n) is 2.38. The topological polar surface area (TPSA) is 55.8 Å². The molecule has 140 valence electrons. The zero-order valence-electron chi connectivity index (χ0n) is 15.7. The number of carboxylic acids is 1. The Balaban J connectivity index is 1.79. The molecule has 2 aromatic rings. The molecule has 4 nitrogen and oxygen atoms in total. The number of ether oxygens (including phenoxy) is 2. The second-order valence-corrected chi connectivity index (χ2v) is 8.25. The van der Waals surface area contributed by atoms with Crippen LogP contribution in [0, 0.1) is 6.92 Å². The molecule has 2 aromatic carbocycles. The Labute approximate surface area is 159 Å². The fraction of sp³-hybridized carbons (Fsp3) is 0.381. The average molecular weight is 375 g/mol. The Hall–Kier alpha value is -2.14. The molecule has 0 unspecified atom stereocenters. The van der Waals surface area contributed by atoms with Crippen molar-refractivity contribution in [3.63, 3.8) is 0 Å². The Morgan fingerprint density at radius 1 is 1.08 bits per heavy atom. The zero-order valence-corrected chi connectivity index (χ0v) is 16.6. The Morgan fingerprint density at radius 3 is 2.35 bits per heavy atom. The molecular formula is C21H26O4S. The van der Waals surface area contributed by atoms with E-state index in [1.54, 1.807) is 11.8 Å². The molecule has 5 heteroatoms. The summed E-state index contributed by atoms with van der Waals surface area (Å²) in [5.74, 6) is 1.34. The van der Waals surface area contributed by atoms with E-state index in [4.69, 9.17) is 14.6 Å². The van der Waals surface area contributed by atoms with Gasteiger partial charge in [0, 0.05) is 10.6 Å². The van der Waals surface area contributed by atoms with Crippen LogP contribution >= 0.6 is 11.8 Å². The molecule has 0 heterocycles. The molecule has 26 heavy (non-hydrogen) atoms. The van der Waals surface area contributed by atoms with Crippen LogP contribution in [0.5, 0.6) is 11.5 Å². The van der Waals surface area contributed by atoms with Crippen molar-refractivity contribution in [2.24, 2.45) is 0 Å². The number of rotatable bonds is 8. The van der Waals surface area contributed by atoms with Crippen molar-refractivity contribution in [2.75, 3.05) is 19.0 Å². The quantitative estimate of drug-likeness (QED) is 0.525. The third-order valence-electron chi connectivity index (χ3n) is 3.84. The fourth-order valence-corrected chi connectivity index (χ4v) is 3.21. The normalized spacial score (nSPS) is 11.2. The molecule has 0 bridgehead atoms. The van der Waals surface area contributed by atoms with Gasteiger partial charge < -0.3 is 14.6 Å². The monoisotopic (exact) mass is 374 g/mol. The van der Waals surface area contributed by atoms with Crippen molar-refractivity contribution in [1.82, 2.24) is 0 Å². The number of thioether (sulfide) groups is 1. The first kappa shape index (κ1) is 20.2. The van der Waals surface area contributed by atoms with Gasteiger partial charge in [-0.05, 0) is 53.8 Å². The van der Waals surface area contributed by atoms with Gasteiger partial charge in [0.05, 0.1) is 6.61 Å². The lowest BCUT2D eigenvalue weighted by atomic mass is 9.87. The highest BCUT2D eigenvalue weighted by atomic mass is 32.2. The predicted molar refractivity (Wildman–Crippen MR) is 106 cm³/mol. The molecular weight excluding hydrogens is 348 g/mol. The molecule has 0 amide bonds. The lowest BCUT2D eigenvalue weighted by molar-refractivity contribution is -0.139. The standard InChI is InChI=1S/C21H26O4S/c1-15-13-18(9-10-19(15)25-14-20(22)23)26-12-11-24-17-7-5-16(6-8-17)21(2,3)4/h5-10,13H,11-12,14H2,1-4H3,(H,22,23). The number of carboxylic acid groups (broad SMARTS) is 1. The summed E-state index contributed by atoms with van der Waals surface area (Å²) >= 11 is 1.70. The molecule has 0 aliphatic rings. The molecule has 0 fully saturated rings. The van der Waals surface area contributed by atoms with Crippen molar-refractivity contribution in [3.05, 3.63) is 53.6 Å². The third kappa shape index (κ3) is 6.30. The van der Waals surface area contributed by atoms with Crippen LogP contribution in [0.4, 0.5) is 0 Å². The summed E-state index contributed by atoms with van der Waals surface area (Å²) in [5, 5.41) is 8.67. The van der Waals surface area contributed by atoms with Crippen LogP contribution in [-0.4, -0.2) is 30.0 Å². The van der Waals surface area contributed by atoms with Crippen LogP contribution < -0.4 is 9.47 Å². The number of aryl methyl sites for hydroxylation is 1. The Kier molecular flexibility index (Phi) is 6.98. The van der Waals surface area contributed by atoms with Gasteiger partial charge >= 0.3 is 5.97 Å². The molecule has 0 radical (unpaired) electrons. The molecule has 0 saturated heterocycles. The summed E-state index contributed by atoms with van der Waals surface area (Å²) in [6, 6.07) is 14.0. The number of aliphatic carboxylic acids is 1. The van der Waals surface area contributed by atoms with Gasteiger partial charge in [-0.1, -0.05) is 32.9 Å². The largest absolute Gasteiger partial charge is 0.493 e. The number of hydrogen-bond acceptors (Lipinski definition) is 4. The van der Waals surface area contributed by atoms with E-state index < -0.39 is 5.97 Å². The van der Waals surface area contributed by atoms with E-state index in [2.05, 4.69) is 32.9 Å². The van der Waals surface area contributed by atoms with Crippen molar-refractivity contribution in [3.8, 4) is 11.5 Å². The van der Waals surface area contributed by atoms with Gasteiger partial charge in [0.1, 0.15) is 11.5 Å². The number of hydrogen-bond donors (Lipinski definition) is 1. The van der Waals surface area contributed by atoms with E-state index in [1.165, 1.54) is 5.56 Å². The summed E-state index contributed by atoms with van der Waals surface area (Å²) in [6.45, 7) is 8.79. The van der Waals surface area contributed by atoms with Crippen molar-refractivity contribution < 1.29 is 19.4 Å². The lowest BCUT2D eigenvalue weighted by Crippen LogP contribution is -2.10. The van der Waals surface area contributed by atoms with Gasteiger partial charge in [-0.15, -0.1) is 11.8 Å².